The zero-order valence-electron chi connectivity index (χ0n) is 11.3. The van der Waals surface area contributed by atoms with Gasteiger partial charge in [0.15, 0.2) is 0 Å². The van der Waals surface area contributed by atoms with Crippen LogP contribution in [-0.2, 0) is 4.57 Å². The predicted molar refractivity (Wildman–Crippen MR) is 79.4 cm³/mol. The quantitative estimate of drug-likeness (QED) is 0.773. The highest BCUT2D eigenvalue weighted by Gasteiger charge is 2.20. The van der Waals surface area contributed by atoms with Crippen LogP contribution >= 0.6 is 8.46 Å². The minimum absolute atomic E-state index is 0.324. The normalized spacial score (nSPS) is 10.7. The fraction of sp³-hybridized carbons (Fsp3) is 0.188. The summed E-state index contributed by atoms with van der Waals surface area (Å²) >= 11 is 0. The number of rotatable bonds is 3. The molecule has 0 bridgehead atoms. The first-order valence-electron chi connectivity index (χ1n) is 6.14. The van der Waals surface area contributed by atoms with E-state index in [2.05, 4.69) is 19.1 Å². The molecule has 2 rings (SSSR count). The minimum Gasteiger partial charge on any atom is -0.234 e. The molecule has 0 saturated carbocycles. The van der Waals surface area contributed by atoms with Crippen molar-refractivity contribution >= 4 is 14.0 Å². The molecule has 0 heterocycles. The lowest BCUT2D eigenvalue weighted by Gasteiger charge is -2.13. The molecule has 19 heavy (non-hydrogen) atoms. The molecule has 0 aliphatic carbocycles. The molecular weight excluding hydrogens is 255 g/mol. The standard InChI is InChI=1S/C16H15O2P/c1-10-8-11(2)15(12(3)9-10)13-6-4-5-7-14(13)16(17)19-18/h4-9H,1-3H3/p+1. The summed E-state index contributed by atoms with van der Waals surface area (Å²) in [5.41, 5.74) is 5.60. The summed E-state index contributed by atoms with van der Waals surface area (Å²) < 4.78 is 10.9. The number of hydrogen-bond acceptors (Lipinski definition) is 2. The molecule has 2 aromatic rings. The Hall–Kier alpha value is -1.79. The summed E-state index contributed by atoms with van der Waals surface area (Å²) in [5, 5.41) is 0. The first kappa shape index (κ1) is 13.6. The van der Waals surface area contributed by atoms with Crippen LogP contribution in [0, 0.1) is 20.8 Å². The van der Waals surface area contributed by atoms with E-state index in [-0.39, 0.29) is 5.52 Å². The summed E-state index contributed by atoms with van der Waals surface area (Å²) in [6.07, 6.45) is 0. The van der Waals surface area contributed by atoms with E-state index < -0.39 is 8.46 Å². The lowest BCUT2D eigenvalue weighted by atomic mass is 9.91. The van der Waals surface area contributed by atoms with Gasteiger partial charge in [-0.2, -0.15) is 0 Å². The van der Waals surface area contributed by atoms with Crippen molar-refractivity contribution in [1.82, 2.24) is 0 Å². The Kier molecular flexibility index (Phi) is 3.92. The van der Waals surface area contributed by atoms with Crippen molar-refractivity contribution in [2.24, 2.45) is 0 Å². The molecule has 2 aromatic carbocycles. The Morgan fingerprint density at radius 1 is 1.00 bits per heavy atom. The van der Waals surface area contributed by atoms with E-state index in [0.717, 1.165) is 22.3 Å². The molecule has 2 nitrogen and oxygen atoms in total. The van der Waals surface area contributed by atoms with E-state index >= 15 is 0 Å². The summed E-state index contributed by atoms with van der Waals surface area (Å²) in [4.78, 5) is 11.8. The second-order valence-electron chi connectivity index (χ2n) is 4.75. The van der Waals surface area contributed by atoms with Gasteiger partial charge in [0.05, 0.1) is 5.56 Å². The zero-order chi connectivity index (χ0) is 14.0. The topological polar surface area (TPSA) is 34.1 Å². The molecular formula is C16H16O2P+. The van der Waals surface area contributed by atoms with Crippen LogP contribution in [-0.4, -0.2) is 5.52 Å². The smallest absolute Gasteiger partial charge is 0.234 e. The van der Waals surface area contributed by atoms with E-state index in [1.54, 1.807) is 12.1 Å². The fourth-order valence-electron chi connectivity index (χ4n) is 2.56. The van der Waals surface area contributed by atoms with E-state index in [1.165, 1.54) is 5.56 Å². The Morgan fingerprint density at radius 3 is 2.16 bits per heavy atom. The Balaban J connectivity index is 2.73. The molecule has 0 saturated heterocycles. The van der Waals surface area contributed by atoms with Gasteiger partial charge in [-0.05, 0) is 49.1 Å². The highest BCUT2D eigenvalue weighted by molar-refractivity contribution is 7.47. The second kappa shape index (κ2) is 5.46. The Bertz CT molecular complexity index is 637. The van der Waals surface area contributed by atoms with E-state index in [0.29, 0.717) is 5.56 Å². The molecule has 0 aliphatic heterocycles. The van der Waals surface area contributed by atoms with Gasteiger partial charge in [-0.25, -0.2) is 4.79 Å². The summed E-state index contributed by atoms with van der Waals surface area (Å²) in [5.74, 6) is 0. The van der Waals surface area contributed by atoms with Gasteiger partial charge in [-0.15, -0.1) is 0 Å². The van der Waals surface area contributed by atoms with Gasteiger partial charge < -0.3 is 0 Å². The number of hydrogen-bond donors (Lipinski definition) is 0. The fourth-order valence-corrected chi connectivity index (χ4v) is 2.89. The average molecular weight is 271 g/mol. The summed E-state index contributed by atoms with van der Waals surface area (Å²) in [6, 6.07) is 11.6. The van der Waals surface area contributed by atoms with Gasteiger partial charge in [-0.1, -0.05) is 40.5 Å². The molecule has 0 amide bonds. The van der Waals surface area contributed by atoms with Crippen LogP contribution in [0.1, 0.15) is 27.0 Å². The second-order valence-corrected chi connectivity index (χ2v) is 5.41. The van der Waals surface area contributed by atoms with Gasteiger partial charge in [-0.3, -0.25) is 0 Å². The maximum absolute atomic E-state index is 11.8. The molecule has 1 unspecified atom stereocenters. The lowest BCUT2D eigenvalue weighted by molar-refractivity contribution is 0.108. The van der Waals surface area contributed by atoms with E-state index in [4.69, 9.17) is 0 Å². The molecule has 0 fully saturated rings. The van der Waals surface area contributed by atoms with Gasteiger partial charge in [0.1, 0.15) is 0 Å². The molecule has 0 radical (unpaired) electrons. The van der Waals surface area contributed by atoms with Crippen LogP contribution in [0.4, 0.5) is 0 Å². The van der Waals surface area contributed by atoms with Crippen LogP contribution in [0.5, 0.6) is 0 Å². The molecule has 0 aliphatic rings. The third kappa shape index (κ3) is 2.64. The number of benzene rings is 2. The Labute approximate surface area is 114 Å². The molecule has 0 spiro atoms. The van der Waals surface area contributed by atoms with Crippen LogP contribution in [0.2, 0.25) is 0 Å². The Morgan fingerprint density at radius 2 is 1.58 bits per heavy atom. The van der Waals surface area contributed by atoms with Crippen molar-refractivity contribution in [3.63, 3.8) is 0 Å². The first-order valence-corrected chi connectivity index (χ1v) is 7.05. The first-order chi connectivity index (χ1) is 9.04. The van der Waals surface area contributed by atoms with Crippen molar-refractivity contribution in [2.45, 2.75) is 20.8 Å². The largest absolute Gasteiger partial charge is 0.406 e. The maximum Gasteiger partial charge on any atom is 0.406 e. The molecule has 3 heteroatoms. The van der Waals surface area contributed by atoms with Gasteiger partial charge in [0.25, 0.3) is 0 Å². The predicted octanol–water partition coefficient (Wildman–Crippen LogP) is 4.44. The average Bonchev–Trinajstić information content (AvgIpc) is 2.37. The molecule has 1 atom stereocenters. The van der Waals surface area contributed by atoms with Gasteiger partial charge in [0.2, 0.25) is 0 Å². The number of carbonyl (C=O) groups is 1. The SMILES string of the molecule is Cc1cc(C)c(-c2ccccc2C(=O)[PH+]=O)c(C)c1. The molecule has 0 aromatic heterocycles. The summed E-state index contributed by atoms with van der Waals surface area (Å²) in [7, 11) is -0.947. The third-order valence-corrected chi connectivity index (χ3v) is 3.67. The van der Waals surface area contributed by atoms with E-state index in [1.807, 2.05) is 26.0 Å². The van der Waals surface area contributed by atoms with E-state index in [9.17, 15) is 9.36 Å². The zero-order valence-corrected chi connectivity index (χ0v) is 12.3. The van der Waals surface area contributed by atoms with Gasteiger partial charge in [0, 0.05) is 0 Å². The van der Waals surface area contributed by atoms with Crippen LogP contribution in [0.15, 0.2) is 36.4 Å². The van der Waals surface area contributed by atoms with Crippen molar-refractivity contribution in [3.05, 3.63) is 58.7 Å². The molecule has 0 N–H and O–H groups in total. The minimum atomic E-state index is -0.947. The van der Waals surface area contributed by atoms with Crippen LogP contribution in [0.3, 0.4) is 0 Å². The number of aryl methyl sites for hydroxylation is 3. The third-order valence-electron chi connectivity index (χ3n) is 3.21. The molecule has 96 valence electrons. The highest BCUT2D eigenvalue weighted by Crippen LogP contribution is 2.32. The number of carbonyl (C=O) groups excluding carboxylic acids is 1. The van der Waals surface area contributed by atoms with Crippen LogP contribution in [0.25, 0.3) is 11.1 Å². The summed E-state index contributed by atoms with van der Waals surface area (Å²) in [6.45, 7) is 6.13. The van der Waals surface area contributed by atoms with Crippen molar-refractivity contribution in [3.8, 4) is 11.1 Å². The van der Waals surface area contributed by atoms with Crippen molar-refractivity contribution in [2.75, 3.05) is 0 Å². The van der Waals surface area contributed by atoms with Gasteiger partial charge >= 0.3 is 14.0 Å². The van der Waals surface area contributed by atoms with Crippen LogP contribution < -0.4 is 0 Å². The maximum atomic E-state index is 11.8. The van der Waals surface area contributed by atoms with Crippen molar-refractivity contribution < 1.29 is 9.36 Å². The lowest BCUT2D eigenvalue weighted by Crippen LogP contribution is -1.97. The monoisotopic (exact) mass is 271 g/mol. The van der Waals surface area contributed by atoms with Crippen molar-refractivity contribution in [1.29, 1.82) is 0 Å². The highest BCUT2D eigenvalue weighted by atomic mass is 31.1.